The van der Waals surface area contributed by atoms with Gasteiger partial charge in [0.05, 0.1) is 12.8 Å². The molecule has 1 N–H and O–H groups in total. The average Bonchev–Trinajstić information content (AvgIpc) is 3.37. The predicted molar refractivity (Wildman–Crippen MR) is 151 cm³/mol. The highest BCUT2D eigenvalue weighted by Crippen LogP contribution is 2.35. The molecule has 3 unspecified atom stereocenters. The van der Waals surface area contributed by atoms with E-state index in [4.69, 9.17) is 9.15 Å². The lowest BCUT2D eigenvalue weighted by Crippen LogP contribution is -2.54. The molecule has 0 bridgehead atoms. The second-order valence-corrected chi connectivity index (χ2v) is 10.9. The van der Waals surface area contributed by atoms with Gasteiger partial charge in [0.2, 0.25) is 0 Å². The van der Waals surface area contributed by atoms with Crippen LogP contribution in [0.2, 0.25) is 0 Å². The van der Waals surface area contributed by atoms with Crippen molar-refractivity contribution in [3.8, 4) is 16.9 Å². The van der Waals surface area contributed by atoms with Gasteiger partial charge in [-0.1, -0.05) is 66.6 Å². The number of benzene rings is 2. The zero-order chi connectivity index (χ0) is 25.0. The van der Waals surface area contributed by atoms with Gasteiger partial charge < -0.3 is 14.1 Å². The third-order valence-corrected chi connectivity index (χ3v) is 8.67. The van der Waals surface area contributed by atoms with Gasteiger partial charge >= 0.3 is 5.63 Å². The van der Waals surface area contributed by atoms with Crippen LogP contribution in [0.5, 0.6) is 5.75 Å². The van der Waals surface area contributed by atoms with Crippen LogP contribution < -0.4 is 15.1 Å². The minimum absolute atomic E-state index is 0.349. The summed E-state index contributed by atoms with van der Waals surface area (Å²) in [6.45, 7) is 6.22. The number of rotatable bonds is 8. The lowest BCUT2D eigenvalue weighted by molar-refractivity contribution is 0.0786. The second kappa shape index (κ2) is 11.3. The quantitative estimate of drug-likeness (QED) is 0.259. The minimum Gasteiger partial charge on any atom is -0.493 e. The Morgan fingerprint density at radius 2 is 1.81 bits per heavy atom. The van der Waals surface area contributed by atoms with E-state index in [9.17, 15) is 4.79 Å². The van der Waals surface area contributed by atoms with Crippen molar-refractivity contribution in [2.45, 2.75) is 24.3 Å². The average molecular weight is 516 g/mol. The van der Waals surface area contributed by atoms with E-state index in [1.807, 2.05) is 60.5 Å². The van der Waals surface area contributed by atoms with Crippen LogP contribution in [0.1, 0.15) is 12.8 Å². The van der Waals surface area contributed by atoms with E-state index in [2.05, 4.69) is 38.8 Å². The van der Waals surface area contributed by atoms with Gasteiger partial charge in [0, 0.05) is 54.9 Å². The normalized spacial score (nSPS) is 23.9. The molecule has 192 valence electrons. The lowest BCUT2D eigenvalue weighted by Gasteiger charge is -2.39. The molecule has 3 aromatic rings. The lowest BCUT2D eigenvalue weighted by atomic mass is 9.96. The zero-order valence-corrected chi connectivity index (χ0v) is 21.7. The van der Waals surface area contributed by atoms with Gasteiger partial charge in [-0.15, -0.1) is 0 Å². The number of hydrogen-bond donors (Lipinski definition) is 1. The van der Waals surface area contributed by atoms with E-state index < -0.39 is 0 Å². The van der Waals surface area contributed by atoms with Gasteiger partial charge in [-0.2, -0.15) is 0 Å². The second-order valence-electron chi connectivity index (χ2n) is 9.93. The van der Waals surface area contributed by atoms with Crippen LogP contribution in [-0.4, -0.2) is 60.5 Å². The fourth-order valence-electron chi connectivity index (χ4n) is 5.53. The molecule has 7 heteroatoms. The van der Waals surface area contributed by atoms with Crippen LogP contribution in [0.25, 0.3) is 22.1 Å². The number of piperazine rings is 1. The van der Waals surface area contributed by atoms with Crippen LogP contribution in [-0.2, 0) is 0 Å². The van der Waals surface area contributed by atoms with Crippen LogP contribution in [0, 0.1) is 5.92 Å². The van der Waals surface area contributed by atoms with Gasteiger partial charge in [-0.3, -0.25) is 4.90 Å². The molecule has 0 amide bonds. The van der Waals surface area contributed by atoms with Crippen LogP contribution >= 0.6 is 11.9 Å². The van der Waals surface area contributed by atoms with Crippen molar-refractivity contribution >= 4 is 22.9 Å². The molecular weight excluding hydrogens is 482 g/mol. The first-order valence-electron chi connectivity index (χ1n) is 13.2. The fourth-order valence-corrected chi connectivity index (χ4v) is 6.70. The molecule has 2 fully saturated rings. The summed E-state index contributed by atoms with van der Waals surface area (Å²) in [5, 5.41) is 1.48. The third-order valence-electron chi connectivity index (χ3n) is 7.55. The van der Waals surface area contributed by atoms with Crippen molar-refractivity contribution in [2.75, 3.05) is 39.3 Å². The molecule has 6 nitrogen and oxygen atoms in total. The van der Waals surface area contributed by atoms with E-state index in [-0.39, 0.29) is 5.63 Å². The van der Waals surface area contributed by atoms with Gasteiger partial charge in [0.25, 0.3) is 0 Å². The van der Waals surface area contributed by atoms with Crippen molar-refractivity contribution in [2.24, 2.45) is 5.92 Å². The highest BCUT2D eigenvalue weighted by molar-refractivity contribution is 7.98. The van der Waals surface area contributed by atoms with E-state index in [0.29, 0.717) is 29.5 Å². The summed E-state index contributed by atoms with van der Waals surface area (Å²) in [6.07, 6.45) is 11.6. The summed E-state index contributed by atoms with van der Waals surface area (Å²) in [5.41, 5.74) is 2.09. The smallest absolute Gasteiger partial charge is 0.336 e. The highest BCUT2D eigenvalue weighted by atomic mass is 32.2. The van der Waals surface area contributed by atoms with Gasteiger partial charge in [0.1, 0.15) is 11.3 Å². The van der Waals surface area contributed by atoms with E-state index in [1.165, 1.54) is 0 Å². The SMILES string of the molecule is O=c1cc(-c2ccccc2)c2ccc(OCCCCN3CCN(C4NSC5C=CC=CC54)CC3)cc2o1. The zero-order valence-electron chi connectivity index (χ0n) is 20.9. The van der Waals surface area contributed by atoms with Crippen molar-refractivity contribution in [1.82, 2.24) is 14.5 Å². The number of nitrogens with one attached hydrogen (secondary N) is 1. The summed E-state index contributed by atoms with van der Waals surface area (Å²) in [7, 11) is 0. The molecule has 3 heterocycles. The fraction of sp³-hybridized carbons (Fsp3) is 0.367. The van der Waals surface area contributed by atoms with Crippen molar-refractivity contribution in [3.63, 3.8) is 0 Å². The molecule has 2 saturated heterocycles. The summed E-state index contributed by atoms with van der Waals surface area (Å²) in [5.74, 6) is 1.31. The van der Waals surface area contributed by atoms with Crippen molar-refractivity contribution < 1.29 is 9.15 Å². The summed E-state index contributed by atoms with van der Waals surface area (Å²) in [4.78, 5) is 17.4. The van der Waals surface area contributed by atoms with Crippen molar-refractivity contribution in [1.29, 1.82) is 0 Å². The number of allylic oxidation sites excluding steroid dienone is 2. The molecule has 2 aromatic carbocycles. The molecule has 0 saturated carbocycles. The molecule has 37 heavy (non-hydrogen) atoms. The van der Waals surface area contributed by atoms with Gasteiger partial charge in [-0.25, -0.2) is 9.52 Å². The van der Waals surface area contributed by atoms with E-state index in [0.717, 1.165) is 67.8 Å². The number of nitrogens with zero attached hydrogens (tertiary/aromatic N) is 2. The molecule has 3 aliphatic rings. The predicted octanol–water partition coefficient (Wildman–Crippen LogP) is 4.92. The molecule has 1 aromatic heterocycles. The van der Waals surface area contributed by atoms with Gasteiger partial charge in [0.15, 0.2) is 0 Å². The number of ether oxygens (including phenoxy) is 1. The molecular formula is C30H33N3O3S. The van der Waals surface area contributed by atoms with Crippen LogP contribution in [0.15, 0.2) is 88.1 Å². The Hall–Kier alpha value is -2.84. The maximum Gasteiger partial charge on any atom is 0.336 e. The largest absolute Gasteiger partial charge is 0.493 e. The minimum atomic E-state index is -0.349. The number of hydrogen-bond acceptors (Lipinski definition) is 7. The van der Waals surface area contributed by atoms with Crippen LogP contribution in [0.4, 0.5) is 0 Å². The first kappa shape index (κ1) is 24.5. The number of fused-ring (bicyclic) bond motifs is 2. The van der Waals surface area contributed by atoms with E-state index >= 15 is 0 Å². The Morgan fingerprint density at radius 3 is 2.68 bits per heavy atom. The van der Waals surface area contributed by atoms with Crippen LogP contribution in [0.3, 0.4) is 0 Å². The Bertz CT molecular complexity index is 1330. The number of unbranched alkanes of at least 4 members (excludes halogenated alkanes) is 1. The maximum atomic E-state index is 12.2. The molecule has 2 aliphatic heterocycles. The molecule has 6 rings (SSSR count). The maximum absolute atomic E-state index is 12.2. The Labute approximate surface area is 222 Å². The standard InChI is InChI=1S/C30H33N3O3S/c34-29-21-26(22-8-2-1-3-9-22)24-13-12-23(20-27(24)36-29)35-19-7-6-14-32-15-17-33(18-16-32)30-25-10-4-5-11-28(25)37-31-30/h1-5,8-13,20-21,25,28,30-31H,6-7,14-19H2. The Balaban J connectivity index is 0.960. The Morgan fingerprint density at radius 1 is 0.973 bits per heavy atom. The summed E-state index contributed by atoms with van der Waals surface area (Å²) in [6, 6.07) is 17.3. The van der Waals surface area contributed by atoms with E-state index in [1.54, 1.807) is 6.07 Å². The summed E-state index contributed by atoms with van der Waals surface area (Å²) < 4.78 is 15.2. The topological polar surface area (TPSA) is 58.0 Å². The van der Waals surface area contributed by atoms with Crippen molar-refractivity contribution in [3.05, 3.63) is 89.3 Å². The third kappa shape index (κ3) is 5.55. The first-order valence-corrected chi connectivity index (χ1v) is 14.1. The monoisotopic (exact) mass is 515 g/mol. The molecule has 1 aliphatic carbocycles. The molecule has 0 spiro atoms. The first-order chi connectivity index (χ1) is 18.2. The highest BCUT2D eigenvalue weighted by Gasteiger charge is 2.38. The van der Waals surface area contributed by atoms with Gasteiger partial charge in [-0.05, 0) is 42.6 Å². The Kier molecular flexibility index (Phi) is 7.46. The molecule has 3 atom stereocenters. The summed E-state index contributed by atoms with van der Waals surface area (Å²) >= 11 is 1.87. The molecule has 0 radical (unpaired) electrons.